The zero-order chi connectivity index (χ0) is 18.4. The molecular weight excluding hydrogens is 330 g/mol. The van der Waals surface area contributed by atoms with Gasteiger partial charge in [-0.3, -0.25) is 4.79 Å². The molecule has 2 aromatic rings. The Morgan fingerprint density at radius 2 is 1.80 bits per heavy atom. The van der Waals surface area contributed by atoms with Crippen LogP contribution in [0.15, 0.2) is 36.4 Å². The minimum atomic E-state index is -1.02. The molecule has 0 unspecified atom stereocenters. The third-order valence-electron chi connectivity index (χ3n) is 3.34. The molecule has 0 atom stereocenters. The van der Waals surface area contributed by atoms with E-state index >= 15 is 0 Å². The average Bonchev–Trinajstić information content (AvgIpc) is 2.52. The van der Waals surface area contributed by atoms with E-state index in [1.165, 1.54) is 0 Å². The van der Waals surface area contributed by atoms with Gasteiger partial charge in [-0.05, 0) is 55.7 Å². The summed E-state index contributed by atoms with van der Waals surface area (Å²) in [5.41, 5.74) is 0.990. The molecule has 134 valence electrons. The molecule has 0 spiro atoms. The van der Waals surface area contributed by atoms with Gasteiger partial charge in [0.05, 0.1) is 6.10 Å². The largest absolute Gasteiger partial charge is 0.491 e. The zero-order valence-corrected chi connectivity index (χ0v) is 14.1. The Bertz CT molecular complexity index is 721. The standard InChI is InChI=1S/C19H20F2O4/c1-12(2)25-15-5-3-4-14(8-15)11-24-19-16(20)9-13(10-17(19)21)6-7-18(22)23/h3-5,8-10,12H,6-7,11H2,1-2H3,(H,22,23). The van der Waals surface area contributed by atoms with Crippen LogP contribution in [0, 0.1) is 11.6 Å². The van der Waals surface area contributed by atoms with Gasteiger partial charge < -0.3 is 14.6 Å². The molecule has 0 saturated heterocycles. The van der Waals surface area contributed by atoms with Gasteiger partial charge in [0.1, 0.15) is 12.4 Å². The maximum absolute atomic E-state index is 14.1. The van der Waals surface area contributed by atoms with E-state index < -0.39 is 23.4 Å². The summed E-state index contributed by atoms with van der Waals surface area (Å²) < 4.78 is 38.9. The van der Waals surface area contributed by atoms with Crippen LogP contribution in [0.4, 0.5) is 8.78 Å². The number of benzene rings is 2. The van der Waals surface area contributed by atoms with Crippen LogP contribution in [-0.4, -0.2) is 17.2 Å². The third kappa shape index (κ3) is 5.74. The molecule has 4 nitrogen and oxygen atoms in total. The maximum atomic E-state index is 14.1. The number of carboxylic acids is 1. The highest BCUT2D eigenvalue weighted by atomic mass is 19.1. The van der Waals surface area contributed by atoms with Gasteiger partial charge in [-0.15, -0.1) is 0 Å². The summed E-state index contributed by atoms with van der Waals surface area (Å²) in [5, 5.41) is 8.63. The van der Waals surface area contributed by atoms with Gasteiger partial charge in [0.15, 0.2) is 17.4 Å². The molecule has 0 aromatic heterocycles. The third-order valence-corrected chi connectivity index (χ3v) is 3.34. The van der Waals surface area contributed by atoms with Crippen LogP contribution in [0.2, 0.25) is 0 Å². The number of carboxylic acid groups (broad SMARTS) is 1. The Balaban J connectivity index is 2.06. The Labute approximate surface area is 145 Å². The summed E-state index contributed by atoms with van der Waals surface area (Å²) in [6.07, 6.45) is -0.121. The van der Waals surface area contributed by atoms with Crippen molar-refractivity contribution >= 4 is 5.97 Å². The van der Waals surface area contributed by atoms with E-state index in [0.29, 0.717) is 11.3 Å². The summed E-state index contributed by atoms with van der Waals surface area (Å²) in [7, 11) is 0. The van der Waals surface area contributed by atoms with Gasteiger partial charge in [0.2, 0.25) is 0 Å². The molecule has 0 radical (unpaired) electrons. The molecule has 0 fully saturated rings. The lowest BCUT2D eigenvalue weighted by Crippen LogP contribution is -2.06. The van der Waals surface area contributed by atoms with Crippen molar-refractivity contribution in [2.24, 2.45) is 0 Å². The van der Waals surface area contributed by atoms with Crippen LogP contribution in [0.25, 0.3) is 0 Å². The van der Waals surface area contributed by atoms with E-state index in [-0.39, 0.29) is 31.1 Å². The van der Waals surface area contributed by atoms with Crippen molar-refractivity contribution < 1.29 is 28.2 Å². The number of aryl methyl sites for hydroxylation is 1. The molecule has 25 heavy (non-hydrogen) atoms. The summed E-state index contributed by atoms with van der Waals surface area (Å²) in [4.78, 5) is 10.5. The van der Waals surface area contributed by atoms with Gasteiger partial charge in [-0.25, -0.2) is 8.78 Å². The first-order chi connectivity index (χ1) is 11.8. The lowest BCUT2D eigenvalue weighted by Gasteiger charge is -2.12. The number of aliphatic carboxylic acids is 1. The molecule has 0 amide bonds. The zero-order valence-electron chi connectivity index (χ0n) is 14.1. The fourth-order valence-corrected chi connectivity index (χ4v) is 2.28. The Kier molecular flexibility index (Phi) is 6.33. The number of hydrogen-bond acceptors (Lipinski definition) is 3. The molecule has 0 aliphatic carbocycles. The van der Waals surface area contributed by atoms with Gasteiger partial charge >= 0.3 is 5.97 Å². The van der Waals surface area contributed by atoms with Crippen molar-refractivity contribution in [3.8, 4) is 11.5 Å². The fourth-order valence-electron chi connectivity index (χ4n) is 2.28. The normalized spacial score (nSPS) is 10.8. The lowest BCUT2D eigenvalue weighted by atomic mass is 10.1. The minimum Gasteiger partial charge on any atom is -0.491 e. The maximum Gasteiger partial charge on any atom is 0.303 e. The predicted molar refractivity (Wildman–Crippen MR) is 88.9 cm³/mol. The summed E-state index contributed by atoms with van der Waals surface area (Å²) in [6, 6.07) is 9.28. The summed E-state index contributed by atoms with van der Waals surface area (Å²) >= 11 is 0. The van der Waals surface area contributed by atoms with Crippen LogP contribution >= 0.6 is 0 Å². The smallest absolute Gasteiger partial charge is 0.303 e. The molecule has 0 saturated carbocycles. The topological polar surface area (TPSA) is 55.8 Å². The summed E-state index contributed by atoms with van der Waals surface area (Å²) in [5.74, 6) is -2.55. The SMILES string of the molecule is CC(C)Oc1cccc(COc2c(F)cc(CCC(=O)O)cc2F)c1. The predicted octanol–water partition coefficient (Wildman–Crippen LogP) is 4.35. The van der Waals surface area contributed by atoms with E-state index in [1.807, 2.05) is 13.8 Å². The first kappa shape index (κ1) is 18.7. The van der Waals surface area contributed by atoms with Crippen molar-refractivity contribution in [1.29, 1.82) is 0 Å². The summed E-state index contributed by atoms with van der Waals surface area (Å²) in [6.45, 7) is 3.79. The quantitative estimate of drug-likeness (QED) is 0.769. The van der Waals surface area contributed by atoms with Gasteiger partial charge in [-0.1, -0.05) is 12.1 Å². The number of carbonyl (C=O) groups is 1. The molecule has 1 N–H and O–H groups in total. The lowest BCUT2D eigenvalue weighted by molar-refractivity contribution is -0.136. The average molecular weight is 350 g/mol. The van der Waals surface area contributed by atoms with Gasteiger partial charge in [0.25, 0.3) is 0 Å². The van der Waals surface area contributed by atoms with E-state index in [9.17, 15) is 13.6 Å². The number of hydrogen-bond donors (Lipinski definition) is 1. The van der Waals surface area contributed by atoms with Crippen molar-refractivity contribution in [3.63, 3.8) is 0 Å². The van der Waals surface area contributed by atoms with Crippen LogP contribution in [0.3, 0.4) is 0 Å². The van der Waals surface area contributed by atoms with Crippen LogP contribution < -0.4 is 9.47 Å². The van der Waals surface area contributed by atoms with Crippen molar-refractivity contribution in [1.82, 2.24) is 0 Å². The van der Waals surface area contributed by atoms with E-state index in [0.717, 1.165) is 12.1 Å². The molecule has 0 aliphatic rings. The number of rotatable bonds is 8. The van der Waals surface area contributed by atoms with E-state index in [2.05, 4.69) is 0 Å². The molecule has 2 rings (SSSR count). The first-order valence-electron chi connectivity index (χ1n) is 7.93. The number of halogens is 2. The van der Waals surface area contributed by atoms with Gasteiger partial charge in [-0.2, -0.15) is 0 Å². The Hall–Kier alpha value is -2.63. The van der Waals surface area contributed by atoms with Crippen molar-refractivity contribution in [2.45, 2.75) is 39.4 Å². The molecule has 6 heteroatoms. The molecule has 2 aromatic carbocycles. The molecule has 0 aliphatic heterocycles. The molecule has 0 bridgehead atoms. The van der Waals surface area contributed by atoms with Gasteiger partial charge in [0, 0.05) is 6.42 Å². The van der Waals surface area contributed by atoms with Crippen LogP contribution in [-0.2, 0) is 17.8 Å². The minimum absolute atomic E-state index is 0.0163. The fraction of sp³-hybridized carbons (Fsp3) is 0.316. The first-order valence-corrected chi connectivity index (χ1v) is 7.93. The highest BCUT2D eigenvalue weighted by Crippen LogP contribution is 2.25. The van der Waals surface area contributed by atoms with Crippen LogP contribution in [0.1, 0.15) is 31.4 Å². The molecular formula is C19H20F2O4. The van der Waals surface area contributed by atoms with Crippen molar-refractivity contribution in [3.05, 3.63) is 59.2 Å². The number of ether oxygens (including phenoxy) is 2. The highest BCUT2D eigenvalue weighted by molar-refractivity contribution is 5.67. The van der Waals surface area contributed by atoms with E-state index in [4.69, 9.17) is 14.6 Å². The Morgan fingerprint density at radius 1 is 1.12 bits per heavy atom. The van der Waals surface area contributed by atoms with E-state index in [1.54, 1.807) is 24.3 Å². The Morgan fingerprint density at radius 3 is 2.40 bits per heavy atom. The van der Waals surface area contributed by atoms with Crippen molar-refractivity contribution in [2.75, 3.05) is 0 Å². The second kappa shape index (κ2) is 8.46. The molecule has 0 heterocycles. The second-order valence-electron chi connectivity index (χ2n) is 5.89. The highest BCUT2D eigenvalue weighted by Gasteiger charge is 2.14. The van der Waals surface area contributed by atoms with Crippen LogP contribution in [0.5, 0.6) is 11.5 Å². The monoisotopic (exact) mass is 350 g/mol. The second-order valence-corrected chi connectivity index (χ2v) is 5.89.